The summed E-state index contributed by atoms with van der Waals surface area (Å²) >= 11 is 0. The highest BCUT2D eigenvalue weighted by molar-refractivity contribution is 5.88. The van der Waals surface area contributed by atoms with Crippen LogP contribution in [-0.2, 0) is 11.0 Å². The molecule has 0 unspecified atom stereocenters. The molecule has 2 aromatic rings. The zero-order valence-corrected chi connectivity index (χ0v) is 17.1. The Labute approximate surface area is 173 Å². The summed E-state index contributed by atoms with van der Waals surface area (Å²) in [7, 11) is 3.17. The van der Waals surface area contributed by atoms with E-state index in [-0.39, 0.29) is 17.7 Å². The average molecular weight is 419 g/mol. The number of rotatable bonds is 3. The van der Waals surface area contributed by atoms with Gasteiger partial charge in [0, 0.05) is 24.8 Å². The van der Waals surface area contributed by atoms with Gasteiger partial charge in [0.2, 0.25) is 5.91 Å². The first-order valence-corrected chi connectivity index (χ1v) is 9.90. The Morgan fingerprint density at radius 1 is 1.23 bits per heavy atom. The van der Waals surface area contributed by atoms with E-state index in [0.29, 0.717) is 5.56 Å². The molecule has 0 saturated carbocycles. The molecule has 1 aromatic heterocycles. The Morgan fingerprint density at radius 3 is 2.63 bits per heavy atom. The number of carbonyl (C=O) groups excluding carboxylic acids is 1. The number of carbonyl (C=O) groups is 1. The van der Waals surface area contributed by atoms with Crippen molar-refractivity contribution in [3.05, 3.63) is 47.3 Å². The number of hydrogen-bond donors (Lipinski definition) is 1. The molecule has 4 rings (SSSR count). The second-order valence-corrected chi connectivity index (χ2v) is 8.13. The summed E-state index contributed by atoms with van der Waals surface area (Å²) in [5.41, 5.74) is 1.56. The first-order valence-electron chi connectivity index (χ1n) is 9.90. The number of alkyl halides is 3. The van der Waals surface area contributed by atoms with Gasteiger partial charge in [0.25, 0.3) is 0 Å². The van der Waals surface area contributed by atoms with Crippen molar-refractivity contribution in [2.45, 2.75) is 43.9 Å². The molecule has 2 aliphatic heterocycles. The zero-order chi connectivity index (χ0) is 21.7. The Balaban J connectivity index is 1.68. The number of aromatic nitrogens is 1. The lowest BCUT2D eigenvalue weighted by molar-refractivity contribution is -0.137. The third-order valence-corrected chi connectivity index (χ3v) is 6.11. The largest absolute Gasteiger partial charge is 0.496 e. The van der Waals surface area contributed by atoms with E-state index in [1.807, 2.05) is 26.1 Å². The normalized spacial score (nSPS) is 24.1. The highest BCUT2D eigenvalue weighted by Crippen LogP contribution is 2.41. The van der Waals surface area contributed by atoms with Gasteiger partial charge in [-0.25, -0.2) is 0 Å². The number of ether oxygens (including phenoxy) is 1. The van der Waals surface area contributed by atoms with Gasteiger partial charge in [-0.2, -0.15) is 13.2 Å². The molecule has 0 radical (unpaired) electrons. The van der Waals surface area contributed by atoms with Gasteiger partial charge in [0.1, 0.15) is 11.3 Å². The molecule has 0 bridgehead atoms. The summed E-state index contributed by atoms with van der Waals surface area (Å²) in [6.07, 6.45) is -2.15. The van der Waals surface area contributed by atoms with Gasteiger partial charge in [-0.15, -0.1) is 0 Å². The van der Waals surface area contributed by atoms with E-state index in [0.717, 1.165) is 54.9 Å². The van der Waals surface area contributed by atoms with Crippen LogP contribution < -0.4 is 10.1 Å². The monoisotopic (exact) mass is 419 g/mol. The zero-order valence-electron chi connectivity index (χ0n) is 17.1. The Hall–Kier alpha value is -2.61. The van der Waals surface area contributed by atoms with Crippen LogP contribution in [0.15, 0.2) is 30.3 Å². The second-order valence-electron chi connectivity index (χ2n) is 8.13. The standard InChI is InChI=1S/C22H24F3N3O2/c1-13-10-14(16-5-4-15(22(23,24)25)12-19(16)30-3)11-18(26-13)17-6-7-21(27-17)8-9-28(2)20(21)29/h4-5,10-12,17,27H,6-9H2,1-3H3/t17-,21-/m1/s1. The summed E-state index contributed by atoms with van der Waals surface area (Å²) in [5, 5.41) is 3.49. The summed E-state index contributed by atoms with van der Waals surface area (Å²) in [4.78, 5) is 19.0. The van der Waals surface area contributed by atoms with Gasteiger partial charge >= 0.3 is 6.18 Å². The number of hydrogen-bond acceptors (Lipinski definition) is 4. The molecule has 160 valence electrons. The molecule has 1 amide bonds. The first-order chi connectivity index (χ1) is 14.1. The molecule has 2 atom stereocenters. The lowest BCUT2D eigenvalue weighted by Crippen LogP contribution is -2.47. The van der Waals surface area contributed by atoms with Crippen LogP contribution in [0.1, 0.15) is 42.3 Å². The van der Waals surface area contributed by atoms with Crippen molar-refractivity contribution in [3.8, 4) is 16.9 Å². The number of amides is 1. The van der Waals surface area contributed by atoms with Crippen LogP contribution in [0.4, 0.5) is 13.2 Å². The van der Waals surface area contributed by atoms with E-state index >= 15 is 0 Å². The maximum absolute atomic E-state index is 13.1. The van der Waals surface area contributed by atoms with Crippen molar-refractivity contribution in [3.63, 3.8) is 0 Å². The Morgan fingerprint density at radius 2 is 2.00 bits per heavy atom. The number of nitrogens with one attached hydrogen (secondary N) is 1. The van der Waals surface area contributed by atoms with E-state index in [4.69, 9.17) is 4.74 Å². The van der Waals surface area contributed by atoms with E-state index in [2.05, 4.69) is 10.3 Å². The predicted octanol–water partition coefficient (Wildman–Crippen LogP) is 4.11. The van der Waals surface area contributed by atoms with Crippen molar-refractivity contribution >= 4 is 5.91 Å². The number of likely N-dealkylation sites (tertiary alicyclic amines) is 1. The smallest absolute Gasteiger partial charge is 0.416 e. The molecule has 2 aliphatic rings. The minimum absolute atomic E-state index is 0.0838. The van der Waals surface area contributed by atoms with Crippen molar-refractivity contribution < 1.29 is 22.7 Å². The SMILES string of the molecule is COc1cc(C(F)(F)F)ccc1-c1cc(C)nc([C@H]2CC[C@]3(CCN(C)C3=O)N2)c1. The van der Waals surface area contributed by atoms with Gasteiger partial charge in [-0.1, -0.05) is 6.07 Å². The summed E-state index contributed by atoms with van der Waals surface area (Å²) in [6.45, 7) is 2.58. The van der Waals surface area contributed by atoms with E-state index < -0.39 is 17.3 Å². The Bertz CT molecular complexity index is 992. The molecule has 1 spiro atoms. The number of pyridine rings is 1. The van der Waals surface area contributed by atoms with Crippen LogP contribution in [-0.4, -0.2) is 42.0 Å². The van der Waals surface area contributed by atoms with E-state index in [1.54, 1.807) is 4.90 Å². The maximum Gasteiger partial charge on any atom is 0.416 e. The van der Waals surface area contributed by atoms with Crippen molar-refractivity contribution in [1.82, 2.24) is 15.2 Å². The van der Waals surface area contributed by atoms with Crippen LogP contribution in [0.2, 0.25) is 0 Å². The van der Waals surface area contributed by atoms with Crippen LogP contribution in [0, 0.1) is 6.92 Å². The molecule has 2 saturated heterocycles. The first kappa shape index (κ1) is 20.7. The fraction of sp³-hybridized carbons (Fsp3) is 0.455. The molecular weight excluding hydrogens is 395 g/mol. The van der Waals surface area contributed by atoms with Gasteiger partial charge in [-0.3, -0.25) is 15.1 Å². The number of halogens is 3. The summed E-state index contributed by atoms with van der Waals surface area (Å²) in [6, 6.07) is 7.12. The van der Waals surface area contributed by atoms with Gasteiger partial charge in [-0.05, 0) is 56.0 Å². The maximum atomic E-state index is 13.1. The number of methoxy groups -OCH3 is 1. The highest BCUT2D eigenvalue weighted by atomic mass is 19.4. The number of nitrogens with zero attached hydrogens (tertiary/aromatic N) is 2. The number of likely N-dealkylation sites (N-methyl/N-ethyl adjacent to an activating group) is 1. The minimum atomic E-state index is -4.44. The predicted molar refractivity (Wildman–Crippen MR) is 106 cm³/mol. The minimum Gasteiger partial charge on any atom is -0.496 e. The third-order valence-electron chi connectivity index (χ3n) is 6.11. The van der Waals surface area contributed by atoms with E-state index in [1.165, 1.54) is 13.2 Å². The molecule has 1 N–H and O–H groups in total. The number of benzene rings is 1. The van der Waals surface area contributed by atoms with Gasteiger partial charge < -0.3 is 9.64 Å². The van der Waals surface area contributed by atoms with Crippen LogP contribution in [0.5, 0.6) is 5.75 Å². The molecular formula is C22H24F3N3O2. The van der Waals surface area contributed by atoms with E-state index in [9.17, 15) is 18.0 Å². The summed E-state index contributed by atoms with van der Waals surface area (Å²) in [5.74, 6) is 0.270. The van der Waals surface area contributed by atoms with Gasteiger partial charge in [0.05, 0.1) is 24.4 Å². The third kappa shape index (κ3) is 3.53. The molecule has 5 nitrogen and oxygen atoms in total. The summed E-state index contributed by atoms with van der Waals surface area (Å²) < 4.78 is 44.5. The molecule has 1 aromatic carbocycles. The molecule has 2 fully saturated rings. The van der Waals surface area contributed by atoms with Crippen molar-refractivity contribution in [1.29, 1.82) is 0 Å². The molecule has 8 heteroatoms. The second kappa shape index (κ2) is 7.27. The van der Waals surface area contributed by atoms with Crippen molar-refractivity contribution in [2.24, 2.45) is 0 Å². The molecule has 3 heterocycles. The van der Waals surface area contributed by atoms with Gasteiger partial charge in [0.15, 0.2) is 0 Å². The Kier molecular flexibility index (Phi) is 5.00. The topological polar surface area (TPSA) is 54.5 Å². The van der Waals surface area contributed by atoms with Crippen LogP contribution in [0.25, 0.3) is 11.1 Å². The molecule has 30 heavy (non-hydrogen) atoms. The average Bonchev–Trinajstić information content (AvgIpc) is 3.26. The van der Waals surface area contributed by atoms with Crippen LogP contribution >= 0.6 is 0 Å². The quantitative estimate of drug-likeness (QED) is 0.814. The molecule has 0 aliphatic carbocycles. The fourth-order valence-electron chi connectivity index (χ4n) is 4.52. The fourth-order valence-corrected chi connectivity index (χ4v) is 4.52. The lowest BCUT2D eigenvalue weighted by atomic mass is 9.96. The van der Waals surface area contributed by atoms with Crippen LogP contribution in [0.3, 0.4) is 0 Å². The highest BCUT2D eigenvalue weighted by Gasteiger charge is 2.50. The number of aryl methyl sites for hydroxylation is 1. The lowest BCUT2D eigenvalue weighted by Gasteiger charge is -2.23. The van der Waals surface area contributed by atoms with Crippen molar-refractivity contribution in [2.75, 3.05) is 20.7 Å².